The summed E-state index contributed by atoms with van der Waals surface area (Å²) in [5, 5.41) is 2.95. The Hall–Kier alpha value is -1.75. The van der Waals surface area contributed by atoms with Gasteiger partial charge in [-0.1, -0.05) is 0 Å². The van der Waals surface area contributed by atoms with Gasteiger partial charge in [-0.05, 0) is 45.1 Å². The van der Waals surface area contributed by atoms with Gasteiger partial charge in [0.25, 0.3) is 5.91 Å². The van der Waals surface area contributed by atoms with Crippen molar-refractivity contribution in [2.75, 3.05) is 33.0 Å². The van der Waals surface area contributed by atoms with Crippen LogP contribution in [0, 0.1) is 0 Å². The SMILES string of the molecule is CN(C)CCOc1cc(C(=O)NC2CC2)ccc1N. The number of rotatable bonds is 6. The molecular weight excluding hydrogens is 242 g/mol. The number of benzene rings is 1. The number of hydrogen-bond acceptors (Lipinski definition) is 4. The second-order valence-electron chi connectivity index (χ2n) is 5.15. The van der Waals surface area contributed by atoms with E-state index < -0.39 is 0 Å². The van der Waals surface area contributed by atoms with Crippen LogP contribution in [-0.4, -0.2) is 44.1 Å². The monoisotopic (exact) mass is 263 g/mol. The first kappa shape index (κ1) is 13.7. The van der Waals surface area contributed by atoms with E-state index in [-0.39, 0.29) is 5.91 Å². The Morgan fingerprint density at radius 3 is 2.84 bits per heavy atom. The summed E-state index contributed by atoms with van der Waals surface area (Å²) in [6.45, 7) is 1.35. The number of anilines is 1. The number of likely N-dealkylation sites (N-methyl/N-ethyl adjacent to an activating group) is 1. The lowest BCUT2D eigenvalue weighted by Crippen LogP contribution is -2.25. The van der Waals surface area contributed by atoms with Crippen molar-refractivity contribution in [2.24, 2.45) is 0 Å². The highest BCUT2D eigenvalue weighted by Crippen LogP contribution is 2.24. The molecule has 0 heterocycles. The molecule has 0 unspecified atom stereocenters. The Balaban J connectivity index is 1.99. The van der Waals surface area contributed by atoms with Crippen LogP contribution in [-0.2, 0) is 0 Å². The van der Waals surface area contributed by atoms with Gasteiger partial charge in [0.2, 0.25) is 0 Å². The van der Waals surface area contributed by atoms with Gasteiger partial charge in [0.1, 0.15) is 12.4 Å². The number of amides is 1. The van der Waals surface area contributed by atoms with Crippen LogP contribution in [0.1, 0.15) is 23.2 Å². The molecule has 0 aromatic heterocycles. The standard InChI is InChI=1S/C14H21N3O2/c1-17(2)7-8-19-13-9-10(3-6-12(13)15)14(18)16-11-4-5-11/h3,6,9,11H,4-5,7-8,15H2,1-2H3,(H,16,18). The average Bonchev–Trinajstić information content (AvgIpc) is 3.15. The minimum absolute atomic E-state index is 0.0556. The summed E-state index contributed by atoms with van der Waals surface area (Å²) in [6, 6.07) is 5.50. The number of ether oxygens (including phenoxy) is 1. The molecule has 0 bridgehead atoms. The summed E-state index contributed by atoms with van der Waals surface area (Å²) in [5.74, 6) is 0.519. The minimum Gasteiger partial charge on any atom is -0.490 e. The Bertz CT molecular complexity index is 456. The van der Waals surface area contributed by atoms with Gasteiger partial charge in [0, 0.05) is 18.2 Å². The molecule has 3 N–H and O–H groups in total. The van der Waals surface area contributed by atoms with Crippen molar-refractivity contribution in [1.82, 2.24) is 10.2 Å². The maximum absolute atomic E-state index is 11.9. The highest BCUT2D eigenvalue weighted by molar-refractivity contribution is 5.95. The summed E-state index contributed by atoms with van der Waals surface area (Å²) >= 11 is 0. The molecule has 2 rings (SSSR count). The van der Waals surface area contributed by atoms with Gasteiger partial charge in [-0.25, -0.2) is 0 Å². The number of hydrogen-bond donors (Lipinski definition) is 2. The maximum atomic E-state index is 11.9. The topological polar surface area (TPSA) is 67.6 Å². The first-order chi connectivity index (χ1) is 9.06. The first-order valence-electron chi connectivity index (χ1n) is 6.54. The fourth-order valence-corrected chi connectivity index (χ4v) is 1.64. The molecule has 1 aromatic carbocycles. The lowest BCUT2D eigenvalue weighted by Gasteiger charge is -2.13. The van der Waals surface area contributed by atoms with E-state index in [1.165, 1.54) is 0 Å². The van der Waals surface area contributed by atoms with Gasteiger partial charge < -0.3 is 20.7 Å². The third-order valence-corrected chi connectivity index (χ3v) is 2.98. The largest absolute Gasteiger partial charge is 0.490 e. The van der Waals surface area contributed by atoms with Crippen LogP contribution in [0.15, 0.2) is 18.2 Å². The van der Waals surface area contributed by atoms with Crippen molar-refractivity contribution < 1.29 is 9.53 Å². The number of carbonyl (C=O) groups is 1. The molecule has 19 heavy (non-hydrogen) atoms. The molecule has 5 nitrogen and oxygen atoms in total. The van der Waals surface area contributed by atoms with Crippen LogP contribution in [0.4, 0.5) is 5.69 Å². The fourth-order valence-electron chi connectivity index (χ4n) is 1.64. The van der Waals surface area contributed by atoms with Gasteiger partial charge in [-0.15, -0.1) is 0 Å². The number of nitrogens with one attached hydrogen (secondary N) is 1. The van der Waals surface area contributed by atoms with Crippen molar-refractivity contribution in [3.8, 4) is 5.75 Å². The zero-order chi connectivity index (χ0) is 13.8. The van der Waals surface area contributed by atoms with Crippen LogP contribution < -0.4 is 15.8 Å². The van der Waals surface area contributed by atoms with Gasteiger partial charge in [-0.3, -0.25) is 4.79 Å². The van der Waals surface area contributed by atoms with E-state index in [4.69, 9.17) is 10.5 Å². The Labute approximate surface area is 113 Å². The molecule has 0 saturated heterocycles. The zero-order valence-electron chi connectivity index (χ0n) is 11.5. The minimum atomic E-state index is -0.0556. The van der Waals surface area contributed by atoms with Crippen molar-refractivity contribution in [3.05, 3.63) is 23.8 Å². The third-order valence-electron chi connectivity index (χ3n) is 2.98. The normalized spacial score (nSPS) is 14.5. The van der Waals surface area contributed by atoms with Crippen molar-refractivity contribution >= 4 is 11.6 Å². The molecule has 1 aromatic rings. The molecule has 104 valence electrons. The van der Waals surface area contributed by atoms with Crippen LogP contribution in [0.2, 0.25) is 0 Å². The van der Waals surface area contributed by atoms with Crippen molar-refractivity contribution in [3.63, 3.8) is 0 Å². The zero-order valence-corrected chi connectivity index (χ0v) is 11.5. The predicted octanol–water partition coefficient (Wildman–Crippen LogP) is 1.10. The van der Waals surface area contributed by atoms with Gasteiger partial charge in [0.15, 0.2) is 0 Å². The van der Waals surface area contributed by atoms with Crippen LogP contribution in [0.25, 0.3) is 0 Å². The summed E-state index contributed by atoms with van der Waals surface area (Å²) in [5.41, 5.74) is 7.01. The lowest BCUT2D eigenvalue weighted by atomic mass is 10.2. The van der Waals surface area contributed by atoms with E-state index in [2.05, 4.69) is 5.32 Å². The highest BCUT2D eigenvalue weighted by Gasteiger charge is 2.24. The number of carbonyl (C=O) groups excluding carboxylic acids is 1. The van der Waals surface area contributed by atoms with Crippen LogP contribution in [0.3, 0.4) is 0 Å². The van der Waals surface area contributed by atoms with E-state index in [9.17, 15) is 4.79 Å². The van der Waals surface area contributed by atoms with E-state index in [0.717, 1.165) is 19.4 Å². The second-order valence-corrected chi connectivity index (χ2v) is 5.15. The quantitative estimate of drug-likeness (QED) is 0.754. The molecule has 1 aliphatic carbocycles. The molecule has 1 aliphatic rings. The molecule has 1 saturated carbocycles. The summed E-state index contributed by atoms with van der Waals surface area (Å²) in [4.78, 5) is 14.0. The average molecular weight is 263 g/mol. The Morgan fingerprint density at radius 1 is 1.47 bits per heavy atom. The molecule has 5 heteroatoms. The maximum Gasteiger partial charge on any atom is 0.251 e. The Kier molecular flexibility index (Phi) is 4.27. The predicted molar refractivity (Wildman–Crippen MR) is 75.4 cm³/mol. The summed E-state index contributed by atoms with van der Waals surface area (Å²) < 4.78 is 5.61. The van der Waals surface area contributed by atoms with E-state index in [1.54, 1.807) is 18.2 Å². The smallest absolute Gasteiger partial charge is 0.251 e. The van der Waals surface area contributed by atoms with Crippen LogP contribution >= 0.6 is 0 Å². The molecule has 0 aliphatic heterocycles. The van der Waals surface area contributed by atoms with Crippen molar-refractivity contribution in [2.45, 2.75) is 18.9 Å². The molecular formula is C14H21N3O2. The molecule has 0 radical (unpaired) electrons. The fraction of sp³-hybridized carbons (Fsp3) is 0.500. The van der Waals surface area contributed by atoms with E-state index in [1.807, 2.05) is 19.0 Å². The first-order valence-corrected chi connectivity index (χ1v) is 6.54. The van der Waals surface area contributed by atoms with Gasteiger partial charge in [-0.2, -0.15) is 0 Å². The van der Waals surface area contributed by atoms with Gasteiger partial charge in [0.05, 0.1) is 5.69 Å². The molecule has 0 spiro atoms. The number of nitrogens with zero attached hydrogens (tertiary/aromatic N) is 1. The highest BCUT2D eigenvalue weighted by atomic mass is 16.5. The molecule has 1 fully saturated rings. The third kappa shape index (κ3) is 4.13. The van der Waals surface area contributed by atoms with Crippen LogP contribution in [0.5, 0.6) is 5.75 Å². The number of nitrogen functional groups attached to an aromatic ring is 1. The van der Waals surface area contributed by atoms with Crippen molar-refractivity contribution in [1.29, 1.82) is 0 Å². The molecule has 1 amide bonds. The molecule has 0 atom stereocenters. The van der Waals surface area contributed by atoms with E-state index in [0.29, 0.717) is 29.6 Å². The van der Waals surface area contributed by atoms with E-state index >= 15 is 0 Å². The second kappa shape index (κ2) is 5.93. The number of nitrogens with two attached hydrogens (primary N) is 1. The summed E-state index contributed by atoms with van der Waals surface area (Å²) in [6.07, 6.45) is 2.15. The lowest BCUT2D eigenvalue weighted by molar-refractivity contribution is 0.0950. The van der Waals surface area contributed by atoms with Gasteiger partial charge >= 0.3 is 0 Å². The summed E-state index contributed by atoms with van der Waals surface area (Å²) in [7, 11) is 3.96. The Morgan fingerprint density at radius 2 is 2.21 bits per heavy atom.